The van der Waals surface area contributed by atoms with Crippen molar-refractivity contribution in [1.82, 2.24) is 4.98 Å². The summed E-state index contributed by atoms with van der Waals surface area (Å²) in [5.74, 6) is 0. The van der Waals surface area contributed by atoms with Gasteiger partial charge < -0.3 is 20.1 Å². The first-order chi connectivity index (χ1) is 10.1. The molecule has 21 heavy (non-hydrogen) atoms. The number of ether oxygens (including phenoxy) is 2. The number of anilines is 2. The Balaban J connectivity index is 2.08. The number of nitrogens with zero attached hydrogens (tertiary/aromatic N) is 2. The highest BCUT2D eigenvalue weighted by Crippen LogP contribution is 2.35. The lowest BCUT2D eigenvalue weighted by Gasteiger charge is -2.22. The van der Waals surface area contributed by atoms with E-state index in [1.165, 1.54) is 0 Å². The van der Waals surface area contributed by atoms with Crippen molar-refractivity contribution in [3.8, 4) is 0 Å². The molecule has 0 bridgehead atoms. The first-order valence-electron chi connectivity index (χ1n) is 6.78. The summed E-state index contributed by atoms with van der Waals surface area (Å²) in [6.07, 6.45) is 1.81. The van der Waals surface area contributed by atoms with Gasteiger partial charge in [-0.05, 0) is 18.2 Å². The van der Waals surface area contributed by atoms with E-state index in [1.54, 1.807) is 20.4 Å². The molecule has 1 fully saturated rings. The highest BCUT2D eigenvalue weighted by atomic mass is 79.9. The van der Waals surface area contributed by atoms with Crippen molar-refractivity contribution in [3.05, 3.63) is 28.9 Å². The summed E-state index contributed by atoms with van der Waals surface area (Å²) in [4.78, 5) is 6.61. The Labute approximate surface area is 132 Å². The van der Waals surface area contributed by atoms with E-state index in [4.69, 9.17) is 15.2 Å². The van der Waals surface area contributed by atoms with Gasteiger partial charge in [-0.2, -0.15) is 0 Å². The molecule has 2 N–H and O–H groups in total. The van der Waals surface area contributed by atoms with Gasteiger partial charge in [0, 0.05) is 37.2 Å². The number of methoxy groups -OCH3 is 2. The lowest BCUT2D eigenvalue weighted by atomic mass is 10.1. The largest absolute Gasteiger partial charge is 0.396 e. The van der Waals surface area contributed by atoms with E-state index in [9.17, 15) is 0 Å². The molecule has 1 aliphatic rings. The average Bonchev–Trinajstić information content (AvgIpc) is 2.89. The summed E-state index contributed by atoms with van der Waals surface area (Å²) >= 11 is 3.51. The molecule has 112 valence electrons. The van der Waals surface area contributed by atoms with E-state index >= 15 is 0 Å². The Kier molecular flexibility index (Phi) is 4.01. The zero-order valence-electron chi connectivity index (χ0n) is 12.0. The van der Waals surface area contributed by atoms with Crippen LogP contribution in [-0.4, -0.2) is 44.5 Å². The summed E-state index contributed by atoms with van der Waals surface area (Å²) in [7, 11) is 3.43. The molecule has 0 aliphatic carbocycles. The van der Waals surface area contributed by atoms with Crippen LogP contribution < -0.4 is 10.6 Å². The molecule has 0 amide bonds. The van der Waals surface area contributed by atoms with Gasteiger partial charge >= 0.3 is 0 Å². The van der Waals surface area contributed by atoms with Crippen molar-refractivity contribution >= 4 is 38.2 Å². The van der Waals surface area contributed by atoms with Crippen LogP contribution >= 0.6 is 15.9 Å². The maximum absolute atomic E-state index is 6.19. The van der Waals surface area contributed by atoms with Crippen molar-refractivity contribution in [2.24, 2.45) is 0 Å². The number of aromatic nitrogens is 1. The number of hydrogen-bond acceptors (Lipinski definition) is 5. The molecule has 6 heteroatoms. The highest BCUT2D eigenvalue weighted by Gasteiger charge is 2.34. The second-order valence-electron chi connectivity index (χ2n) is 5.18. The summed E-state index contributed by atoms with van der Waals surface area (Å²) in [6, 6.07) is 6.02. The molecule has 5 nitrogen and oxygen atoms in total. The van der Waals surface area contributed by atoms with E-state index in [2.05, 4.69) is 31.9 Å². The van der Waals surface area contributed by atoms with Crippen molar-refractivity contribution in [2.75, 3.05) is 37.9 Å². The SMILES string of the molecule is COC1CN(c2c(N)cnc3ccc(Br)cc23)CC1OC. The third-order valence-electron chi connectivity index (χ3n) is 3.97. The average molecular weight is 352 g/mol. The fourth-order valence-corrected chi connectivity index (χ4v) is 3.26. The number of fused-ring (bicyclic) bond motifs is 1. The molecule has 2 heterocycles. The van der Waals surface area contributed by atoms with Crippen LogP contribution in [0, 0.1) is 0 Å². The molecule has 3 rings (SSSR count). The summed E-state index contributed by atoms with van der Waals surface area (Å²) in [5.41, 5.74) is 8.79. The van der Waals surface area contributed by atoms with Crippen molar-refractivity contribution in [1.29, 1.82) is 0 Å². The number of rotatable bonds is 3. The smallest absolute Gasteiger partial charge is 0.102 e. The van der Waals surface area contributed by atoms with E-state index in [1.807, 2.05) is 12.1 Å². The third-order valence-corrected chi connectivity index (χ3v) is 4.46. The molecular weight excluding hydrogens is 334 g/mol. The number of pyridine rings is 1. The van der Waals surface area contributed by atoms with Gasteiger partial charge in [0.05, 0.1) is 23.1 Å². The fraction of sp³-hybridized carbons (Fsp3) is 0.400. The van der Waals surface area contributed by atoms with Crippen LogP contribution in [0.4, 0.5) is 11.4 Å². The lowest BCUT2D eigenvalue weighted by molar-refractivity contribution is -0.00461. The number of halogens is 1. The Hall–Kier alpha value is -1.37. The topological polar surface area (TPSA) is 60.6 Å². The Bertz CT molecular complexity index is 647. The van der Waals surface area contributed by atoms with Crippen LogP contribution in [0.2, 0.25) is 0 Å². The van der Waals surface area contributed by atoms with Crippen LogP contribution in [-0.2, 0) is 9.47 Å². The molecule has 1 aromatic carbocycles. The minimum absolute atomic E-state index is 0.0461. The van der Waals surface area contributed by atoms with Gasteiger partial charge in [-0.3, -0.25) is 4.98 Å². The lowest BCUT2D eigenvalue weighted by Crippen LogP contribution is -2.27. The second-order valence-corrected chi connectivity index (χ2v) is 6.09. The zero-order valence-corrected chi connectivity index (χ0v) is 13.6. The minimum atomic E-state index is 0.0461. The molecule has 1 aliphatic heterocycles. The summed E-state index contributed by atoms with van der Waals surface area (Å²) in [5, 5.41) is 1.04. The van der Waals surface area contributed by atoms with Crippen molar-refractivity contribution in [2.45, 2.75) is 12.2 Å². The predicted octanol–water partition coefficient (Wildman–Crippen LogP) is 2.43. The van der Waals surface area contributed by atoms with E-state index in [0.29, 0.717) is 5.69 Å². The fourth-order valence-electron chi connectivity index (χ4n) is 2.90. The Morgan fingerprint density at radius 1 is 1.24 bits per heavy atom. The van der Waals surface area contributed by atoms with Gasteiger partial charge in [0.15, 0.2) is 0 Å². The van der Waals surface area contributed by atoms with E-state index < -0.39 is 0 Å². The molecule has 1 aromatic heterocycles. The van der Waals surface area contributed by atoms with Gasteiger partial charge in [-0.15, -0.1) is 0 Å². The summed E-state index contributed by atoms with van der Waals surface area (Å²) < 4.78 is 12.0. The zero-order chi connectivity index (χ0) is 15.0. The number of benzene rings is 1. The highest BCUT2D eigenvalue weighted by molar-refractivity contribution is 9.10. The summed E-state index contributed by atoms with van der Waals surface area (Å²) in [6.45, 7) is 1.51. The van der Waals surface area contributed by atoms with Gasteiger partial charge in [0.25, 0.3) is 0 Å². The van der Waals surface area contributed by atoms with E-state index in [-0.39, 0.29) is 12.2 Å². The molecule has 0 spiro atoms. The van der Waals surface area contributed by atoms with Crippen LogP contribution in [0.3, 0.4) is 0 Å². The molecule has 0 saturated carbocycles. The van der Waals surface area contributed by atoms with Crippen molar-refractivity contribution in [3.63, 3.8) is 0 Å². The van der Waals surface area contributed by atoms with Gasteiger partial charge in [0.2, 0.25) is 0 Å². The van der Waals surface area contributed by atoms with Crippen LogP contribution in [0.5, 0.6) is 0 Å². The Morgan fingerprint density at radius 2 is 1.90 bits per heavy atom. The number of nitrogen functional groups attached to an aromatic ring is 1. The van der Waals surface area contributed by atoms with Gasteiger partial charge in [-0.25, -0.2) is 0 Å². The Morgan fingerprint density at radius 3 is 2.52 bits per heavy atom. The molecule has 0 radical (unpaired) electrons. The minimum Gasteiger partial charge on any atom is -0.396 e. The molecule has 1 saturated heterocycles. The monoisotopic (exact) mass is 351 g/mol. The van der Waals surface area contributed by atoms with Crippen LogP contribution in [0.15, 0.2) is 28.9 Å². The molecule has 2 atom stereocenters. The van der Waals surface area contributed by atoms with Crippen LogP contribution in [0.1, 0.15) is 0 Å². The number of nitrogens with two attached hydrogens (primary N) is 1. The third kappa shape index (κ3) is 2.59. The normalized spacial score (nSPS) is 22.1. The maximum Gasteiger partial charge on any atom is 0.102 e. The molecule has 2 aromatic rings. The van der Waals surface area contributed by atoms with Gasteiger partial charge in [0.1, 0.15) is 12.2 Å². The standard InChI is InChI=1S/C15H18BrN3O2/c1-20-13-7-19(8-14(13)21-2)15-10-5-9(16)3-4-12(10)18-6-11(15)17/h3-6,13-14H,7-8,17H2,1-2H3. The molecular formula is C15H18BrN3O2. The van der Waals surface area contributed by atoms with Gasteiger partial charge in [-0.1, -0.05) is 15.9 Å². The first-order valence-corrected chi connectivity index (χ1v) is 7.57. The number of hydrogen-bond donors (Lipinski definition) is 1. The molecule has 2 unspecified atom stereocenters. The maximum atomic E-state index is 6.19. The quantitative estimate of drug-likeness (QED) is 0.920. The van der Waals surface area contributed by atoms with Crippen molar-refractivity contribution < 1.29 is 9.47 Å². The predicted molar refractivity (Wildman–Crippen MR) is 87.7 cm³/mol. The van der Waals surface area contributed by atoms with Crippen LogP contribution in [0.25, 0.3) is 10.9 Å². The first kappa shape index (κ1) is 14.6. The van der Waals surface area contributed by atoms with E-state index in [0.717, 1.165) is 34.2 Å². The second kappa shape index (κ2) is 5.79.